The zero-order valence-corrected chi connectivity index (χ0v) is 11.5. The third-order valence-electron chi connectivity index (χ3n) is 4.13. The fraction of sp³-hybridized carbons (Fsp3) is 0.625. The summed E-state index contributed by atoms with van der Waals surface area (Å²) in [5, 5.41) is 10.4. The number of aliphatic hydroxyl groups excluding tert-OH is 1. The summed E-state index contributed by atoms with van der Waals surface area (Å²) < 4.78 is 0. The van der Waals surface area contributed by atoms with Crippen molar-refractivity contribution in [3.63, 3.8) is 0 Å². The van der Waals surface area contributed by atoms with Crippen LogP contribution >= 0.6 is 0 Å². The molecule has 100 valence electrons. The molecule has 1 aliphatic rings. The van der Waals surface area contributed by atoms with Crippen LogP contribution in [-0.2, 0) is 0 Å². The van der Waals surface area contributed by atoms with Gasteiger partial charge in [0.1, 0.15) is 0 Å². The van der Waals surface area contributed by atoms with Crippen molar-refractivity contribution in [2.75, 3.05) is 14.1 Å². The van der Waals surface area contributed by atoms with Crippen LogP contribution in [0.25, 0.3) is 0 Å². The van der Waals surface area contributed by atoms with Crippen LogP contribution < -0.4 is 0 Å². The van der Waals surface area contributed by atoms with Gasteiger partial charge in [-0.1, -0.05) is 49.6 Å². The van der Waals surface area contributed by atoms with Crippen molar-refractivity contribution >= 4 is 0 Å². The summed E-state index contributed by atoms with van der Waals surface area (Å²) in [6.45, 7) is 0. The summed E-state index contributed by atoms with van der Waals surface area (Å²) in [7, 11) is 4.24. The zero-order valence-electron chi connectivity index (χ0n) is 11.5. The molecule has 0 amide bonds. The van der Waals surface area contributed by atoms with Crippen LogP contribution in [0.15, 0.2) is 30.3 Å². The normalized spacial score (nSPS) is 26.9. The number of rotatable bonds is 3. The highest BCUT2D eigenvalue weighted by molar-refractivity contribution is 5.20. The van der Waals surface area contributed by atoms with Gasteiger partial charge < -0.3 is 10.0 Å². The largest absolute Gasteiger partial charge is 0.393 e. The molecule has 0 saturated heterocycles. The molecule has 2 rings (SSSR count). The van der Waals surface area contributed by atoms with Crippen molar-refractivity contribution in [1.29, 1.82) is 0 Å². The zero-order chi connectivity index (χ0) is 13.0. The molecule has 1 unspecified atom stereocenters. The van der Waals surface area contributed by atoms with Crippen LogP contribution in [0.5, 0.6) is 0 Å². The van der Waals surface area contributed by atoms with E-state index in [1.165, 1.54) is 24.8 Å². The maximum Gasteiger partial charge on any atom is 0.0586 e. The average molecular weight is 247 g/mol. The van der Waals surface area contributed by atoms with E-state index in [4.69, 9.17) is 0 Å². The molecular formula is C16H25NO. The molecule has 1 aromatic carbocycles. The first-order valence-corrected chi connectivity index (χ1v) is 7.09. The van der Waals surface area contributed by atoms with Gasteiger partial charge in [0.2, 0.25) is 0 Å². The standard InChI is InChI=1S/C16H25NO/c1-17(2)16(13-9-5-3-6-10-13)14-11-7-4-8-12-15(14)18/h3,5-6,9-10,14-16,18H,4,7-8,11-12H2,1-2H3/t14-,15+,16?/m1/s1. The van der Waals surface area contributed by atoms with Crippen LogP contribution in [-0.4, -0.2) is 30.2 Å². The Morgan fingerprint density at radius 1 is 1.06 bits per heavy atom. The number of aliphatic hydroxyl groups is 1. The third-order valence-corrected chi connectivity index (χ3v) is 4.13. The SMILES string of the molecule is CN(C)C(c1ccccc1)[C@@H]1CCCCC[C@@H]1O. The van der Waals surface area contributed by atoms with Crippen molar-refractivity contribution in [3.8, 4) is 0 Å². The van der Waals surface area contributed by atoms with Crippen molar-refractivity contribution in [1.82, 2.24) is 4.90 Å². The van der Waals surface area contributed by atoms with Crippen LogP contribution in [0, 0.1) is 5.92 Å². The van der Waals surface area contributed by atoms with Crippen molar-refractivity contribution in [2.45, 2.75) is 44.2 Å². The lowest BCUT2D eigenvalue weighted by molar-refractivity contribution is 0.0481. The molecule has 0 aliphatic heterocycles. The van der Waals surface area contributed by atoms with Gasteiger partial charge in [0, 0.05) is 12.0 Å². The highest BCUT2D eigenvalue weighted by Crippen LogP contribution is 2.36. The molecule has 1 saturated carbocycles. The van der Waals surface area contributed by atoms with Gasteiger partial charge in [0.15, 0.2) is 0 Å². The van der Waals surface area contributed by atoms with Gasteiger partial charge in [0.25, 0.3) is 0 Å². The van der Waals surface area contributed by atoms with E-state index >= 15 is 0 Å². The summed E-state index contributed by atoms with van der Waals surface area (Å²) in [4.78, 5) is 2.26. The Balaban J connectivity index is 2.23. The molecule has 1 aromatic rings. The maximum absolute atomic E-state index is 10.4. The van der Waals surface area contributed by atoms with E-state index in [1.54, 1.807) is 0 Å². The Bertz CT molecular complexity index is 349. The first-order chi connectivity index (χ1) is 8.70. The minimum absolute atomic E-state index is 0.153. The minimum Gasteiger partial charge on any atom is -0.393 e. The van der Waals surface area contributed by atoms with Gasteiger partial charge in [0.05, 0.1) is 6.10 Å². The quantitative estimate of drug-likeness (QED) is 0.829. The first-order valence-electron chi connectivity index (χ1n) is 7.09. The number of hydrogen-bond acceptors (Lipinski definition) is 2. The van der Waals surface area contributed by atoms with Gasteiger partial charge in [-0.25, -0.2) is 0 Å². The van der Waals surface area contributed by atoms with Gasteiger partial charge in [-0.2, -0.15) is 0 Å². The van der Waals surface area contributed by atoms with Gasteiger partial charge in [-0.3, -0.25) is 0 Å². The van der Waals surface area contributed by atoms with E-state index in [0.717, 1.165) is 12.8 Å². The topological polar surface area (TPSA) is 23.5 Å². The number of nitrogens with zero attached hydrogens (tertiary/aromatic N) is 1. The fourth-order valence-electron chi connectivity index (χ4n) is 3.26. The third kappa shape index (κ3) is 3.12. The van der Waals surface area contributed by atoms with Crippen molar-refractivity contribution in [3.05, 3.63) is 35.9 Å². The molecule has 18 heavy (non-hydrogen) atoms. The lowest BCUT2D eigenvalue weighted by Gasteiger charge is -2.35. The smallest absolute Gasteiger partial charge is 0.0586 e. The summed E-state index contributed by atoms with van der Waals surface area (Å²) >= 11 is 0. The summed E-state index contributed by atoms with van der Waals surface area (Å²) in [6.07, 6.45) is 5.63. The first kappa shape index (κ1) is 13.6. The molecule has 2 nitrogen and oxygen atoms in total. The number of hydrogen-bond donors (Lipinski definition) is 1. The molecule has 1 N–H and O–H groups in total. The average Bonchev–Trinajstić information content (AvgIpc) is 2.56. The van der Waals surface area contributed by atoms with E-state index in [-0.39, 0.29) is 6.10 Å². The van der Waals surface area contributed by atoms with E-state index in [2.05, 4.69) is 49.3 Å². The Labute approximate surface area is 111 Å². The van der Waals surface area contributed by atoms with Crippen molar-refractivity contribution in [2.24, 2.45) is 5.92 Å². The maximum atomic E-state index is 10.4. The second-order valence-electron chi connectivity index (χ2n) is 5.69. The summed E-state index contributed by atoms with van der Waals surface area (Å²) in [6, 6.07) is 10.9. The lowest BCUT2D eigenvalue weighted by atomic mass is 9.84. The Morgan fingerprint density at radius 2 is 1.72 bits per heavy atom. The molecule has 1 aliphatic carbocycles. The lowest BCUT2D eigenvalue weighted by Crippen LogP contribution is -2.34. The van der Waals surface area contributed by atoms with Crippen LogP contribution in [0.3, 0.4) is 0 Å². The summed E-state index contributed by atoms with van der Waals surface area (Å²) in [5.41, 5.74) is 1.33. The molecular weight excluding hydrogens is 222 g/mol. The monoisotopic (exact) mass is 247 g/mol. The molecule has 0 spiro atoms. The second kappa shape index (κ2) is 6.35. The molecule has 3 atom stereocenters. The predicted molar refractivity (Wildman–Crippen MR) is 75.5 cm³/mol. The van der Waals surface area contributed by atoms with E-state index < -0.39 is 0 Å². The van der Waals surface area contributed by atoms with Crippen LogP contribution in [0.1, 0.15) is 43.7 Å². The fourth-order valence-corrected chi connectivity index (χ4v) is 3.26. The highest BCUT2D eigenvalue weighted by Gasteiger charge is 2.31. The van der Waals surface area contributed by atoms with E-state index in [0.29, 0.717) is 12.0 Å². The highest BCUT2D eigenvalue weighted by atomic mass is 16.3. The van der Waals surface area contributed by atoms with Gasteiger partial charge >= 0.3 is 0 Å². The predicted octanol–water partition coefficient (Wildman–Crippen LogP) is 3.23. The molecule has 0 bridgehead atoms. The van der Waals surface area contributed by atoms with Crippen molar-refractivity contribution < 1.29 is 5.11 Å². The van der Waals surface area contributed by atoms with E-state index in [9.17, 15) is 5.11 Å². The van der Waals surface area contributed by atoms with E-state index in [1.807, 2.05) is 0 Å². The Morgan fingerprint density at radius 3 is 2.39 bits per heavy atom. The number of benzene rings is 1. The Kier molecular flexibility index (Phi) is 4.79. The summed E-state index contributed by atoms with van der Waals surface area (Å²) in [5.74, 6) is 0.366. The minimum atomic E-state index is -0.153. The molecule has 0 aromatic heterocycles. The van der Waals surface area contributed by atoms with Gasteiger partial charge in [-0.15, -0.1) is 0 Å². The molecule has 0 radical (unpaired) electrons. The van der Waals surface area contributed by atoms with Crippen LogP contribution in [0.4, 0.5) is 0 Å². The Hall–Kier alpha value is -0.860. The molecule has 0 heterocycles. The molecule has 2 heteroatoms. The second-order valence-corrected chi connectivity index (χ2v) is 5.69. The van der Waals surface area contributed by atoms with Gasteiger partial charge in [-0.05, 0) is 32.5 Å². The van der Waals surface area contributed by atoms with Crippen LogP contribution in [0.2, 0.25) is 0 Å². The molecule has 1 fully saturated rings.